The molecule has 2 heteroatoms. The molecule has 0 saturated heterocycles. The molecule has 0 atom stereocenters. The summed E-state index contributed by atoms with van der Waals surface area (Å²) >= 11 is 0. The van der Waals surface area contributed by atoms with Crippen LogP contribution in [0.4, 0.5) is 0 Å². The van der Waals surface area contributed by atoms with E-state index in [1.165, 1.54) is 5.57 Å². The molecule has 2 N–H and O–H groups in total. The molecular weight excluding hydrogens is 126 g/mol. The van der Waals surface area contributed by atoms with Gasteiger partial charge in [-0.3, -0.25) is 0 Å². The molecule has 0 saturated carbocycles. The van der Waals surface area contributed by atoms with Gasteiger partial charge in [0.2, 0.25) is 0 Å². The van der Waals surface area contributed by atoms with Crippen LogP contribution >= 0.6 is 0 Å². The fourth-order valence-electron chi connectivity index (χ4n) is 1.08. The summed E-state index contributed by atoms with van der Waals surface area (Å²) in [5, 5.41) is 12.1. The quantitative estimate of drug-likeness (QED) is 0.605. The molecule has 0 unspecified atom stereocenters. The Morgan fingerprint density at radius 1 is 1.70 bits per heavy atom. The lowest BCUT2D eigenvalue weighted by molar-refractivity contribution is 0.386. The van der Waals surface area contributed by atoms with Gasteiger partial charge in [0.05, 0.1) is 5.76 Å². The number of allylic oxidation sites excluding steroid dienone is 2. The fourth-order valence-corrected chi connectivity index (χ4v) is 1.08. The minimum atomic E-state index is 0.507. The highest BCUT2D eigenvalue weighted by atomic mass is 16.3. The number of aliphatic hydroxyl groups is 1. The molecule has 1 aliphatic carbocycles. The molecule has 0 fully saturated rings. The molecule has 1 aliphatic rings. The van der Waals surface area contributed by atoms with Gasteiger partial charge in [0.1, 0.15) is 0 Å². The van der Waals surface area contributed by atoms with Gasteiger partial charge >= 0.3 is 0 Å². The summed E-state index contributed by atoms with van der Waals surface area (Å²) in [5.41, 5.74) is 1.19. The predicted molar refractivity (Wildman–Crippen MR) is 42.0 cm³/mol. The predicted octanol–water partition coefficient (Wildman–Crippen LogP) is 1.37. The van der Waals surface area contributed by atoms with Crippen LogP contribution in [0.3, 0.4) is 0 Å². The zero-order valence-electron chi connectivity index (χ0n) is 6.22. The van der Waals surface area contributed by atoms with E-state index in [0.29, 0.717) is 5.76 Å². The molecule has 0 bridgehead atoms. The highest BCUT2D eigenvalue weighted by molar-refractivity contribution is 5.25. The molecule has 0 radical (unpaired) electrons. The molecule has 0 spiro atoms. The van der Waals surface area contributed by atoms with Gasteiger partial charge in [-0.25, -0.2) is 0 Å². The second-order valence-electron chi connectivity index (χ2n) is 2.48. The Kier molecular flexibility index (Phi) is 2.51. The molecular formula is C8H13NO. The van der Waals surface area contributed by atoms with Gasteiger partial charge in [-0.15, -0.1) is 0 Å². The van der Waals surface area contributed by atoms with Gasteiger partial charge in [0.25, 0.3) is 0 Å². The number of nitrogens with one attached hydrogen (secondary N) is 1. The number of likely N-dealkylation sites (N-methyl/N-ethyl adjacent to an activating group) is 1. The van der Waals surface area contributed by atoms with Gasteiger partial charge in [0.15, 0.2) is 0 Å². The number of rotatable bonds is 2. The lowest BCUT2D eigenvalue weighted by Crippen LogP contribution is -2.10. The van der Waals surface area contributed by atoms with Crippen LogP contribution in [0, 0.1) is 0 Å². The third kappa shape index (κ3) is 1.88. The van der Waals surface area contributed by atoms with Crippen molar-refractivity contribution in [3.8, 4) is 0 Å². The highest BCUT2D eigenvalue weighted by Gasteiger charge is 2.01. The van der Waals surface area contributed by atoms with Crippen molar-refractivity contribution in [1.29, 1.82) is 0 Å². The largest absolute Gasteiger partial charge is 0.512 e. The minimum absolute atomic E-state index is 0.507. The number of aliphatic hydroxyl groups excluding tert-OH is 1. The van der Waals surface area contributed by atoms with Crippen LogP contribution in [0.5, 0.6) is 0 Å². The average molecular weight is 139 g/mol. The van der Waals surface area contributed by atoms with Crippen molar-refractivity contribution >= 4 is 0 Å². The molecule has 0 aromatic carbocycles. The van der Waals surface area contributed by atoms with Gasteiger partial charge in [0, 0.05) is 13.0 Å². The topological polar surface area (TPSA) is 32.3 Å². The first kappa shape index (κ1) is 7.35. The maximum atomic E-state index is 9.10. The Bertz CT molecular complexity index is 170. The van der Waals surface area contributed by atoms with Crippen LogP contribution in [0.1, 0.15) is 12.8 Å². The van der Waals surface area contributed by atoms with Crippen molar-refractivity contribution in [2.45, 2.75) is 12.8 Å². The van der Waals surface area contributed by atoms with E-state index in [1.54, 1.807) is 0 Å². The molecule has 2 nitrogen and oxygen atoms in total. The molecule has 0 aromatic rings. The van der Waals surface area contributed by atoms with Crippen molar-refractivity contribution < 1.29 is 5.11 Å². The molecule has 1 rings (SSSR count). The summed E-state index contributed by atoms with van der Waals surface area (Å²) < 4.78 is 0. The Morgan fingerprint density at radius 2 is 2.50 bits per heavy atom. The summed E-state index contributed by atoms with van der Waals surface area (Å²) in [7, 11) is 1.90. The maximum Gasteiger partial charge on any atom is 0.0928 e. The lowest BCUT2D eigenvalue weighted by Gasteiger charge is -2.08. The van der Waals surface area contributed by atoms with Crippen LogP contribution in [-0.4, -0.2) is 18.7 Å². The number of hydrogen-bond acceptors (Lipinski definition) is 2. The zero-order chi connectivity index (χ0) is 7.40. The van der Waals surface area contributed by atoms with E-state index in [9.17, 15) is 0 Å². The highest BCUT2D eigenvalue weighted by Crippen LogP contribution is 2.13. The summed E-state index contributed by atoms with van der Waals surface area (Å²) in [6, 6.07) is 0. The molecule has 56 valence electrons. The maximum absolute atomic E-state index is 9.10. The first-order valence-electron chi connectivity index (χ1n) is 3.56. The Labute approximate surface area is 61.3 Å². The van der Waals surface area contributed by atoms with Crippen LogP contribution in [0.15, 0.2) is 23.5 Å². The van der Waals surface area contributed by atoms with E-state index >= 15 is 0 Å². The standard InChI is InChI=1S/C8H13NO/c1-9-6-7-3-2-4-8(10)5-7/h3,5,9-10H,2,4,6H2,1H3. The first-order chi connectivity index (χ1) is 4.83. The summed E-state index contributed by atoms with van der Waals surface area (Å²) in [6.45, 7) is 0.851. The second kappa shape index (κ2) is 3.42. The van der Waals surface area contributed by atoms with Crippen molar-refractivity contribution in [3.63, 3.8) is 0 Å². The normalized spacial score (nSPS) is 18.1. The Balaban J connectivity index is 2.51. The molecule has 0 aliphatic heterocycles. The third-order valence-electron chi connectivity index (χ3n) is 1.54. The minimum Gasteiger partial charge on any atom is -0.512 e. The van der Waals surface area contributed by atoms with Gasteiger partial charge < -0.3 is 10.4 Å². The number of hydrogen-bond donors (Lipinski definition) is 2. The van der Waals surface area contributed by atoms with Crippen molar-refractivity contribution in [2.75, 3.05) is 13.6 Å². The fraction of sp³-hybridized carbons (Fsp3) is 0.500. The van der Waals surface area contributed by atoms with Crippen LogP contribution < -0.4 is 5.32 Å². The van der Waals surface area contributed by atoms with E-state index in [1.807, 2.05) is 13.1 Å². The van der Waals surface area contributed by atoms with E-state index in [-0.39, 0.29) is 0 Å². The summed E-state index contributed by atoms with van der Waals surface area (Å²) in [5.74, 6) is 0.507. The summed E-state index contributed by atoms with van der Waals surface area (Å²) in [4.78, 5) is 0. The smallest absolute Gasteiger partial charge is 0.0928 e. The average Bonchev–Trinajstić information content (AvgIpc) is 1.88. The van der Waals surface area contributed by atoms with Crippen LogP contribution in [0.25, 0.3) is 0 Å². The first-order valence-corrected chi connectivity index (χ1v) is 3.56. The molecule has 0 heterocycles. The van der Waals surface area contributed by atoms with Crippen molar-refractivity contribution in [2.24, 2.45) is 0 Å². The van der Waals surface area contributed by atoms with Gasteiger partial charge in [-0.2, -0.15) is 0 Å². The monoisotopic (exact) mass is 139 g/mol. The molecule has 0 amide bonds. The second-order valence-corrected chi connectivity index (χ2v) is 2.48. The Morgan fingerprint density at radius 3 is 3.10 bits per heavy atom. The van der Waals surface area contributed by atoms with E-state index in [0.717, 1.165) is 19.4 Å². The van der Waals surface area contributed by atoms with E-state index < -0.39 is 0 Å². The molecule has 0 aromatic heterocycles. The SMILES string of the molecule is CNCC1=CCCC(O)=C1. The van der Waals surface area contributed by atoms with E-state index in [4.69, 9.17) is 5.11 Å². The van der Waals surface area contributed by atoms with Gasteiger partial charge in [-0.1, -0.05) is 6.08 Å². The van der Waals surface area contributed by atoms with Gasteiger partial charge in [-0.05, 0) is 25.1 Å². The molecule has 10 heavy (non-hydrogen) atoms. The van der Waals surface area contributed by atoms with E-state index in [2.05, 4.69) is 11.4 Å². The third-order valence-corrected chi connectivity index (χ3v) is 1.54. The Hall–Kier alpha value is -0.760. The zero-order valence-corrected chi connectivity index (χ0v) is 6.22. The summed E-state index contributed by atoms with van der Waals surface area (Å²) in [6.07, 6.45) is 5.75. The van der Waals surface area contributed by atoms with Crippen molar-refractivity contribution in [1.82, 2.24) is 5.32 Å². The lowest BCUT2D eigenvalue weighted by atomic mass is 10.1. The van der Waals surface area contributed by atoms with Crippen molar-refractivity contribution in [3.05, 3.63) is 23.5 Å². The van der Waals surface area contributed by atoms with Crippen LogP contribution in [0.2, 0.25) is 0 Å². The van der Waals surface area contributed by atoms with Crippen LogP contribution in [-0.2, 0) is 0 Å².